The van der Waals surface area contributed by atoms with Crippen LogP contribution in [0.5, 0.6) is 0 Å². The SMILES string of the molecule is CCSCCCNN1CCCCC1. The van der Waals surface area contributed by atoms with Crippen LogP contribution in [0.1, 0.15) is 32.6 Å². The molecule has 1 fully saturated rings. The lowest BCUT2D eigenvalue weighted by Gasteiger charge is -2.27. The normalized spacial score (nSPS) is 19.2. The topological polar surface area (TPSA) is 15.3 Å². The lowest BCUT2D eigenvalue weighted by molar-refractivity contribution is 0.155. The van der Waals surface area contributed by atoms with Crippen molar-refractivity contribution in [1.29, 1.82) is 0 Å². The van der Waals surface area contributed by atoms with Crippen molar-refractivity contribution >= 4 is 11.8 Å². The van der Waals surface area contributed by atoms with Gasteiger partial charge in [-0.15, -0.1) is 0 Å². The predicted molar refractivity (Wildman–Crippen MR) is 61.0 cm³/mol. The molecule has 78 valence electrons. The maximum atomic E-state index is 3.50. The third-order valence-corrected chi connectivity index (χ3v) is 3.35. The van der Waals surface area contributed by atoms with Gasteiger partial charge in [0.15, 0.2) is 0 Å². The van der Waals surface area contributed by atoms with E-state index in [1.54, 1.807) is 0 Å². The van der Waals surface area contributed by atoms with E-state index < -0.39 is 0 Å². The van der Waals surface area contributed by atoms with E-state index in [0.29, 0.717) is 0 Å². The summed E-state index contributed by atoms with van der Waals surface area (Å²) in [6.45, 7) is 5.89. The van der Waals surface area contributed by atoms with Gasteiger partial charge in [0.25, 0.3) is 0 Å². The monoisotopic (exact) mass is 202 g/mol. The molecule has 0 spiro atoms. The second-order valence-corrected chi connectivity index (χ2v) is 4.90. The first-order valence-electron chi connectivity index (χ1n) is 5.49. The van der Waals surface area contributed by atoms with Crippen LogP contribution in [-0.4, -0.2) is 36.1 Å². The van der Waals surface area contributed by atoms with Crippen LogP contribution in [-0.2, 0) is 0 Å². The molecule has 0 saturated carbocycles. The Morgan fingerprint density at radius 2 is 2.00 bits per heavy atom. The highest BCUT2D eigenvalue weighted by Gasteiger charge is 2.07. The van der Waals surface area contributed by atoms with Gasteiger partial charge in [-0.3, -0.25) is 5.43 Å². The van der Waals surface area contributed by atoms with Gasteiger partial charge in [-0.2, -0.15) is 11.8 Å². The van der Waals surface area contributed by atoms with Gasteiger partial charge in [0.2, 0.25) is 0 Å². The van der Waals surface area contributed by atoms with Gasteiger partial charge in [0, 0.05) is 19.6 Å². The van der Waals surface area contributed by atoms with Crippen molar-refractivity contribution < 1.29 is 0 Å². The molecule has 0 unspecified atom stereocenters. The molecular formula is C10H22N2S. The van der Waals surface area contributed by atoms with Crippen molar-refractivity contribution in [3.8, 4) is 0 Å². The van der Waals surface area contributed by atoms with Crippen molar-refractivity contribution in [1.82, 2.24) is 10.4 Å². The van der Waals surface area contributed by atoms with E-state index in [2.05, 4.69) is 17.4 Å². The van der Waals surface area contributed by atoms with E-state index in [4.69, 9.17) is 0 Å². The Labute approximate surface area is 86.4 Å². The molecule has 0 aromatic rings. The Morgan fingerprint density at radius 3 is 2.69 bits per heavy atom. The number of thioether (sulfide) groups is 1. The highest BCUT2D eigenvalue weighted by Crippen LogP contribution is 2.06. The van der Waals surface area contributed by atoms with E-state index in [-0.39, 0.29) is 0 Å². The summed E-state index contributed by atoms with van der Waals surface area (Å²) in [7, 11) is 0. The summed E-state index contributed by atoms with van der Waals surface area (Å²) < 4.78 is 0. The number of hydrogen-bond donors (Lipinski definition) is 1. The number of piperidine rings is 1. The molecule has 1 aliphatic heterocycles. The van der Waals surface area contributed by atoms with Crippen molar-refractivity contribution in [3.05, 3.63) is 0 Å². The zero-order valence-electron chi connectivity index (χ0n) is 8.72. The van der Waals surface area contributed by atoms with Crippen molar-refractivity contribution in [2.24, 2.45) is 0 Å². The number of rotatable bonds is 6. The molecule has 1 rings (SSSR count). The fourth-order valence-electron chi connectivity index (χ4n) is 1.61. The van der Waals surface area contributed by atoms with E-state index in [0.717, 1.165) is 6.54 Å². The second-order valence-electron chi connectivity index (χ2n) is 3.51. The molecule has 0 aliphatic carbocycles. The minimum absolute atomic E-state index is 1.16. The van der Waals surface area contributed by atoms with E-state index in [1.807, 2.05) is 11.8 Å². The molecule has 3 heteroatoms. The van der Waals surface area contributed by atoms with Gasteiger partial charge in [-0.1, -0.05) is 13.3 Å². The van der Waals surface area contributed by atoms with Crippen LogP contribution < -0.4 is 5.43 Å². The van der Waals surface area contributed by atoms with Gasteiger partial charge in [-0.05, 0) is 30.8 Å². The van der Waals surface area contributed by atoms with Crippen LogP contribution in [0.2, 0.25) is 0 Å². The molecule has 1 N–H and O–H groups in total. The number of nitrogens with one attached hydrogen (secondary N) is 1. The van der Waals surface area contributed by atoms with Crippen molar-refractivity contribution in [2.75, 3.05) is 31.1 Å². The Bertz CT molecular complexity index is 113. The fraction of sp³-hybridized carbons (Fsp3) is 1.00. The molecule has 0 aromatic heterocycles. The lowest BCUT2D eigenvalue weighted by Crippen LogP contribution is -2.42. The average Bonchev–Trinajstić information content (AvgIpc) is 2.19. The van der Waals surface area contributed by atoms with Crippen LogP contribution in [0.3, 0.4) is 0 Å². The molecule has 0 radical (unpaired) electrons. The van der Waals surface area contributed by atoms with Crippen LogP contribution in [0.4, 0.5) is 0 Å². The van der Waals surface area contributed by atoms with Gasteiger partial charge >= 0.3 is 0 Å². The first kappa shape index (κ1) is 11.3. The highest BCUT2D eigenvalue weighted by molar-refractivity contribution is 7.99. The van der Waals surface area contributed by atoms with Crippen molar-refractivity contribution in [3.63, 3.8) is 0 Å². The van der Waals surface area contributed by atoms with Gasteiger partial charge in [0.1, 0.15) is 0 Å². The maximum absolute atomic E-state index is 3.50. The van der Waals surface area contributed by atoms with Gasteiger partial charge in [-0.25, -0.2) is 5.01 Å². The summed E-state index contributed by atoms with van der Waals surface area (Å²) in [4.78, 5) is 0. The molecule has 1 aliphatic rings. The Balaban J connectivity index is 1.86. The summed E-state index contributed by atoms with van der Waals surface area (Å²) in [6, 6.07) is 0. The molecule has 0 amide bonds. The van der Waals surface area contributed by atoms with Crippen LogP contribution in [0.15, 0.2) is 0 Å². The molecule has 2 nitrogen and oxygen atoms in total. The molecular weight excluding hydrogens is 180 g/mol. The fourth-order valence-corrected chi connectivity index (χ4v) is 2.24. The third kappa shape index (κ3) is 5.55. The summed E-state index contributed by atoms with van der Waals surface area (Å²) in [6.07, 6.45) is 5.46. The first-order chi connectivity index (χ1) is 6.43. The average molecular weight is 202 g/mol. The van der Waals surface area contributed by atoms with Crippen molar-refractivity contribution in [2.45, 2.75) is 32.6 Å². The summed E-state index contributed by atoms with van der Waals surface area (Å²) in [5.74, 6) is 2.56. The summed E-state index contributed by atoms with van der Waals surface area (Å²) in [5, 5.41) is 2.39. The Hall–Kier alpha value is 0.270. The standard InChI is InChI=1S/C10H22N2S/c1-2-13-10-6-7-11-12-8-4-3-5-9-12/h11H,2-10H2,1H3. The van der Waals surface area contributed by atoms with E-state index in [9.17, 15) is 0 Å². The largest absolute Gasteiger partial charge is 0.255 e. The quantitative estimate of drug-likeness (QED) is 0.664. The summed E-state index contributed by atoms with van der Waals surface area (Å²) >= 11 is 2.04. The van der Waals surface area contributed by atoms with E-state index in [1.165, 1.54) is 50.3 Å². The Kier molecular flexibility index (Phi) is 6.68. The molecule has 0 aromatic carbocycles. The third-order valence-electron chi connectivity index (χ3n) is 2.36. The number of nitrogens with zero attached hydrogens (tertiary/aromatic N) is 1. The lowest BCUT2D eigenvalue weighted by atomic mass is 10.2. The summed E-state index contributed by atoms with van der Waals surface area (Å²) in [5.41, 5.74) is 3.50. The zero-order chi connectivity index (χ0) is 9.36. The number of hydrazine groups is 1. The highest BCUT2D eigenvalue weighted by atomic mass is 32.2. The molecule has 0 atom stereocenters. The van der Waals surface area contributed by atoms with E-state index >= 15 is 0 Å². The molecule has 13 heavy (non-hydrogen) atoms. The first-order valence-corrected chi connectivity index (χ1v) is 6.65. The minimum Gasteiger partial charge on any atom is -0.255 e. The minimum atomic E-state index is 1.16. The van der Waals surface area contributed by atoms with Gasteiger partial charge in [0.05, 0.1) is 0 Å². The van der Waals surface area contributed by atoms with Crippen LogP contribution >= 0.6 is 11.8 Å². The molecule has 0 bridgehead atoms. The molecule has 1 saturated heterocycles. The zero-order valence-corrected chi connectivity index (χ0v) is 9.54. The van der Waals surface area contributed by atoms with Crippen LogP contribution in [0, 0.1) is 0 Å². The number of hydrogen-bond acceptors (Lipinski definition) is 3. The van der Waals surface area contributed by atoms with Gasteiger partial charge < -0.3 is 0 Å². The maximum Gasteiger partial charge on any atom is 0.0131 e. The smallest absolute Gasteiger partial charge is 0.0131 e. The Morgan fingerprint density at radius 1 is 1.23 bits per heavy atom. The van der Waals surface area contributed by atoms with Crippen LogP contribution in [0.25, 0.3) is 0 Å². The molecule has 1 heterocycles. The second kappa shape index (κ2) is 7.65. The predicted octanol–water partition coefficient (Wildman–Crippen LogP) is 2.12.